The number of carbonyl (C=O) groups excluding carboxylic acids is 1. The lowest BCUT2D eigenvalue weighted by Crippen LogP contribution is -2.44. The van der Waals surface area contributed by atoms with E-state index in [2.05, 4.69) is 15.5 Å². The molecule has 0 spiro atoms. The Balaban J connectivity index is 2.25. The van der Waals surface area contributed by atoms with Crippen LogP contribution in [0.25, 0.3) is 11.3 Å². The average Bonchev–Trinajstić information content (AvgIpc) is 2.94. The van der Waals surface area contributed by atoms with E-state index in [4.69, 9.17) is 5.11 Å². The fourth-order valence-corrected chi connectivity index (χ4v) is 2.02. The highest BCUT2D eigenvalue weighted by Crippen LogP contribution is 2.20. The molecule has 1 atom stereocenters. The van der Waals surface area contributed by atoms with Crippen molar-refractivity contribution in [2.45, 2.75) is 19.9 Å². The molecule has 0 aliphatic heterocycles. The summed E-state index contributed by atoms with van der Waals surface area (Å²) in [5.41, 5.74) is 1.71. The van der Waals surface area contributed by atoms with Crippen molar-refractivity contribution in [2.75, 3.05) is 0 Å². The van der Waals surface area contributed by atoms with Crippen molar-refractivity contribution >= 4 is 11.9 Å². The number of nitrogens with zero attached hydrogens (tertiary/aromatic N) is 1. The van der Waals surface area contributed by atoms with Crippen LogP contribution in [0.4, 0.5) is 0 Å². The third-order valence-corrected chi connectivity index (χ3v) is 3.17. The van der Waals surface area contributed by atoms with Gasteiger partial charge in [0.05, 0.1) is 17.5 Å². The highest BCUT2D eigenvalue weighted by molar-refractivity contribution is 6.01. The van der Waals surface area contributed by atoms with Gasteiger partial charge in [0.25, 0.3) is 5.91 Å². The van der Waals surface area contributed by atoms with Gasteiger partial charge in [0.15, 0.2) is 0 Å². The van der Waals surface area contributed by atoms with Gasteiger partial charge in [-0.1, -0.05) is 44.2 Å². The molecule has 0 aliphatic carbocycles. The number of carboxylic acids is 1. The van der Waals surface area contributed by atoms with Gasteiger partial charge in [-0.15, -0.1) is 0 Å². The number of carboxylic acid groups (broad SMARTS) is 1. The maximum absolute atomic E-state index is 12.3. The molecular weight excluding hydrogens is 270 g/mol. The second-order valence-corrected chi connectivity index (χ2v) is 5.06. The number of hydrogen-bond donors (Lipinski definition) is 3. The summed E-state index contributed by atoms with van der Waals surface area (Å²) < 4.78 is 0. The van der Waals surface area contributed by atoms with Crippen LogP contribution in [0.1, 0.15) is 24.2 Å². The fourth-order valence-electron chi connectivity index (χ4n) is 2.02. The Morgan fingerprint density at radius 3 is 2.48 bits per heavy atom. The van der Waals surface area contributed by atoms with Crippen molar-refractivity contribution in [1.29, 1.82) is 0 Å². The Bertz CT molecular complexity index is 635. The summed E-state index contributed by atoms with van der Waals surface area (Å²) >= 11 is 0. The third kappa shape index (κ3) is 3.28. The van der Waals surface area contributed by atoms with E-state index in [0.29, 0.717) is 11.3 Å². The minimum Gasteiger partial charge on any atom is -0.480 e. The van der Waals surface area contributed by atoms with E-state index in [9.17, 15) is 9.59 Å². The molecule has 1 aromatic carbocycles. The lowest BCUT2D eigenvalue weighted by Gasteiger charge is -2.17. The molecule has 1 heterocycles. The Kier molecular flexibility index (Phi) is 4.37. The summed E-state index contributed by atoms with van der Waals surface area (Å²) in [5.74, 6) is -1.72. The van der Waals surface area contributed by atoms with Gasteiger partial charge in [0.1, 0.15) is 6.04 Å². The van der Waals surface area contributed by atoms with E-state index in [1.807, 2.05) is 30.3 Å². The highest BCUT2D eigenvalue weighted by Gasteiger charge is 2.25. The van der Waals surface area contributed by atoms with E-state index in [-0.39, 0.29) is 5.92 Å². The summed E-state index contributed by atoms with van der Waals surface area (Å²) in [6.07, 6.45) is 1.40. The van der Waals surface area contributed by atoms with E-state index in [0.717, 1.165) is 5.56 Å². The maximum atomic E-state index is 12.3. The van der Waals surface area contributed by atoms with Crippen LogP contribution in [0.3, 0.4) is 0 Å². The minimum absolute atomic E-state index is 0.210. The summed E-state index contributed by atoms with van der Waals surface area (Å²) in [7, 11) is 0. The smallest absolute Gasteiger partial charge is 0.326 e. The van der Waals surface area contributed by atoms with Crippen molar-refractivity contribution < 1.29 is 14.7 Å². The minimum atomic E-state index is -1.05. The first-order valence-electron chi connectivity index (χ1n) is 6.63. The Morgan fingerprint density at radius 1 is 1.24 bits per heavy atom. The molecule has 0 saturated heterocycles. The van der Waals surface area contributed by atoms with Gasteiger partial charge < -0.3 is 10.4 Å². The monoisotopic (exact) mass is 287 g/mol. The van der Waals surface area contributed by atoms with Gasteiger partial charge in [0.2, 0.25) is 0 Å². The first-order valence-corrected chi connectivity index (χ1v) is 6.63. The molecule has 2 rings (SSSR count). The van der Waals surface area contributed by atoms with Crippen molar-refractivity contribution in [3.05, 3.63) is 42.1 Å². The highest BCUT2D eigenvalue weighted by atomic mass is 16.4. The molecule has 0 fully saturated rings. The zero-order chi connectivity index (χ0) is 15.4. The largest absolute Gasteiger partial charge is 0.480 e. The van der Waals surface area contributed by atoms with Gasteiger partial charge in [0, 0.05) is 5.56 Å². The fraction of sp³-hybridized carbons (Fsp3) is 0.267. The van der Waals surface area contributed by atoms with Gasteiger partial charge in [-0.05, 0) is 5.92 Å². The zero-order valence-electron chi connectivity index (χ0n) is 11.8. The van der Waals surface area contributed by atoms with E-state index in [1.165, 1.54) is 6.20 Å². The number of H-pyrrole nitrogens is 1. The molecule has 6 nitrogen and oxygen atoms in total. The summed E-state index contributed by atoms with van der Waals surface area (Å²) in [6.45, 7) is 3.49. The van der Waals surface area contributed by atoms with Gasteiger partial charge in [-0.2, -0.15) is 5.10 Å². The van der Waals surface area contributed by atoms with Crippen molar-refractivity contribution in [3.8, 4) is 11.3 Å². The number of benzene rings is 1. The van der Waals surface area contributed by atoms with Crippen LogP contribution in [0.2, 0.25) is 0 Å². The van der Waals surface area contributed by atoms with E-state index >= 15 is 0 Å². The standard InChI is InChI=1S/C15H17N3O3/c1-9(2)12(15(20)21)17-14(19)11-8-16-18-13(11)10-6-4-3-5-7-10/h3-9,12H,1-2H3,(H,16,18)(H,17,19)(H,20,21)/t12-/m0/s1. The SMILES string of the molecule is CC(C)[C@H](NC(=O)c1cn[nH]c1-c1ccccc1)C(=O)O. The molecule has 3 N–H and O–H groups in total. The first kappa shape index (κ1) is 14.8. The van der Waals surface area contributed by atoms with Crippen LogP contribution in [0.5, 0.6) is 0 Å². The number of aromatic amines is 1. The molecule has 6 heteroatoms. The first-order chi connectivity index (χ1) is 10.0. The molecular formula is C15H17N3O3. The molecule has 21 heavy (non-hydrogen) atoms. The average molecular weight is 287 g/mol. The van der Waals surface area contributed by atoms with Gasteiger partial charge >= 0.3 is 5.97 Å². The summed E-state index contributed by atoms with van der Waals surface area (Å²) in [5, 5.41) is 18.3. The lowest BCUT2D eigenvalue weighted by atomic mass is 10.0. The number of rotatable bonds is 5. The molecule has 1 amide bonds. The van der Waals surface area contributed by atoms with Crippen LogP contribution < -0.4 is 5.32 Å². The second kappa shape index (κ2) is 6.21. The quantitative estimate of drug-likeness (QED) is 0.783. The van der Waals surface area contributed by atoms with Crippen LogP contribution >= 0.6 is 0 Å². The molecule has 110 valence electrons. The molecule has 0 radical (unpaired) electrons. The van der Waals surface area contributed by atoms with Crippen molar-refractivity contribution in [2.24, 2.45) is 5.92 Å². The van der Waals surface area contributed by atoms with Crippen LogP contribution in [-0.4, -0.2) is 33.2 Å². The molecule has 0 aliphatic rings. The second-order valence-electron chi connectivity index (χ2n) is 5.06. The van der Waals surface area contributed by atoms with Gasteiger partial charge in [-0.25, -0.2) is 4.79 Å². The Hall–Kier alpha value is -2.63. The zero-order valence-corrected chi connectivity index (χ0v) is 11.8. The van der Waals surface area contributed by atoms with Crippen LogP contribution in [-0.2, 0) is 4.79 Å². The summed E-state index contributed by atoms with van der Waals surface area (Å²) in [6, 6.07) is 8.34. The molecule has 2 aromatic rings. The number of aromatic nitrogens is 2. The van der Waals surface area contributed by atoms with Crippen molar-refractivity contribution in [1.82, 2.24) is 15.5 Å². The number of aliphatic carboxylic acids is 1. The number of amides is 1. The van der Waals surface area contributed by atoms with Crippen LogP contribution in [0, 0.1) is 5.92 Å². The van der Waals surface area contributed by atoms with E-state index in [1.54, 1.807) is 13.8 Å². The predicted octanol–water partition coefficient (Wildman–Crippen LogP) is 1.92. The number of carbonyl (C=O) groups is 2. The van der Waals surface area contributed by atoms with Crippen molar-refractivity contribution in [3.63, 3.8) is 0 Å². The Morgan fingerprint density at radius 2 is 1.90 bits per heavy atom. The number of nitrogens with one attached hydrogen (secondary N) is 2. The number of hydrogen-bond acceptors (Lipinski definition) is 3. The summed E-state index contributed by atoms with van der Waals surface area (Å²) in [4.78, 5) is 23.4. The lowest BCUT2D eigenvalue weighted by molar-refractivity contribution is -0.140. The Labute approximate surface area is 122 Å². The maximum Gasteiger partial charge on any atom is 0.326 e. The van der Waals surface area contributed by atoms with E-state index < -0.39 is 17.9 Å². The molecule has 1 aromatic heterocycles. The molecule has 0 unspecified atom stereocenters. The molecule has 0 bridgehead atoms. The molecule has 0 saturated carbocycles. The topological polar surface area (TPSA) is 95.1 Å². The van der Waals surface area contributed by atoms with Crippen LogP contribution in [0.15, 0.2) is 36.5 Å². The third-order valence-electron chi connectivity index (χ3n) is 3.17. The predicted molar refractivity (Wildman–Crippen MR) is 77.8 cm³/mol. The normalized spacial score (nSPS) is 12.1. The van der Waals surface area contributed by atoms with Gasteiger partial charge in [-0.3, -0.25) is 9.89 Å².